The summed E-state index contributed by atoms with van der Waals surface area (Å²) in [4.78, 5) is 0. The second kappa shape index (κ2) is 6.23. The maximum atomic E-state index is 8.95. The summed E-state index contributed by atoms with van der Waals surface area (Å²) in [6, 6.07) is 0. The van der Waals surface area contributed by atoms with Crippen molar-refractivity contribution in [2.75, 3.05) is 6.61 Å². The van der Waals surface area contributed by atoms with Gasteiger partial charge in [-0.3, -0.25) is 0 Å². The number of aliphatic hydroxyl groups excluding tert-OH is 1. The predicted molar refractivity (Wildman–Crippen MR) is 79.6 cm³/mol. The number of allylic oxidation sites excluding steroid dienone is 1. The van der Waals surface area contributed by atoms with Crippen molar-refractivity contribution in [3.63, 3.8) is 0 Å². The molecule has 0 bridgehead atoms. The van der Waals surface area contributed by atoms with Crippen LogP contribution in [0.1, 0.15) is 73.1 Å². The van der Waals surface area contributed by atoms with Crippen LogP contribution >= 0.6 is 0 Å². The lowest BCUT2D eigenvalue weighted by Crippen LogP contribution is -2.41. The Hall–Kier alpha value is -0.300. The number of aliphatic hydroxyl groups is 1. The molecule has 18 heavy (non-hydrogen) atoms. The van der Waals surface area contributed by atoms with Crippen LogP contribution in [0.2, 0.25) is 0 Å². The highest BCUT2D eigenvalue weighted by molar-refractivity contribution is 5.01. The van der Waals surface area contributed by atoms with Gasteiger partial charge < -0.3 is 5.11 Å². The van der Waals surface area contributed by atoms with Gasteiger partial charge in [0.1, 0.15) is 0 Å². The van der Waals surface area contributed by atoms with Crippen LogP contribution in [0.15, 0.2) is 11.6 Å². The third-order valence-electron chi connectivity index (χ3n) is 5.43. The van der Waals surface area contributed by atoms with Crippen LogP contribution in [0.25, 0.3) is 0 Å². The Morgan fingerprint density at radius 2 is 1.94 bits per heavy atom. The second-order valence-electron chi connectivity index (χ2n) is 7.17. The summed E-state index contributed by atoms with van der Waals surface area (Å²) in [5.74, 6) is 0.811. The van der Waals surface area contributed by atoms with Crippen molar-refractivity contribution in [3.8, 4) is 0 Å². The second-order valence-corrected chi connectivity index (χ2v) is 7.17. The average molecular weight is 252 g/mol. The smallest absolute Gasteiger partial charge is 0.0614 e. The van der Waals surface area contributed by atoms with Gasteiger partial charge in [-0.15, -0.1) is 0 Å². The summed E-state index contributed by atoms with van der Waals surface area (Å²) in [6.07, 6.45) is 9.82. The fourth-order valence-corrected chi connectivity index (χ4v) is 4.03. The lowest BCUT2D eigenvalue weighted by Gasteiger charge is -2.51. The van der Waals surface area contributed by atoms with Crippen molar-refractivity contribution in [1.82, 2.24) is 0 Å². The molecule has 1 N–H and O–H groups in total. The van der Waals surface area contributed by atoms with Crippen LogP contribution in [0.3, 0.4) is 0 Å². The van der Waals surface area contributed by atoms with E-state index >= 15 is 0 Å². The Kier molecular flexibility index (Phi) is 5.46. The molecule has 0 aromatic rings. The fourth-order valence-electron chi connectivity index (χ4n) is 4.03. The van der Waals surface area contributed by atoms with Gasteiger partial charge in [0, 0.05) is 0 Å². The summed E-state index contributed by atoms with van der Waals surface area (Å²) in [5, 5.41) is 8.95. The molecular formula is C17H32O. The van der Waals surface area contributed by atoms with Gasteiger partial charge in [0.2, 0.25) is 0 Å². The van der Waals surface area contributed by atoms with E-state index in [1.54, 1.807) is 0 Å². The van der Waals surface area contributed by atoms with Crippen molar-refractivity contribution in [3.05, 3.63) is 11.6 Å². The fraction of sp³-hybridized carbons (Fsp3) is 0.882. The molecule has 0 aromatic carbocycles. The molecule has 2 atom stereocenters. The molecular weight excluding hydrogens is 220 g/mol. The van der Waals surface area contributed by atoms with E-state index in [1.165, 1.54) is 37.7 Å². The molecule has 0 spiro atoms. The standard InChI is InChI=1S/C17H32O/c1-6-17(5)12-7-11-16(3,4)15(17)9-8-14(2)10-13-18/h10,15,18H,6-9,11-13H2,1-5H3/b14-10+/t15?,17-/m1/s1. The third kappa shape index (κ3) is 3.60. The van der Waals surface area contributed by atoms with Gasteiger partial charge in [-0.2, -0.15) is 0 Å². The van der Waals surface area contributed by atoms with Crippen LogP contribution in [0.4, 0.5) is 0 Å². The first kappa shape index (κ1) is 15.8. The normalized spacial score (nSPS) is 32.6. The molecule has 0 heterocycles. The summed E-state index contributed by atoms with van der Waals surface area (Å²) in [5.41, 5.74) is 2.33. The number of hydrogen-bond acceptors (Lipinski definition) is 1. The zero-order chi connectivity index (χ0) is 13.8. The van der Waals surface area contributed by atoms with Gasteiger partial charge in [-0.25, -0.2) is 0 Å². The van der Waals surface area contributed by atoms with Crippen molar-refractivity contribution in [2.24, 2.45) is 16.7 Å². The highest BCUT2D eigenvalue weighted by atomic mass is 16.2. The zero-order valence-corrected chi connectivity index (χ0v) is 13.1. The van der Waals surface area contributed by atoms with Gasteiger partial charge in [0.15, 0.2) is 0 Å². The molecule has 1 aliphatic rings. The van der Waals surface area contributed by atoms with E-state index in [-0.39, 0.29) is 6.61 Å². The Morgan fingerprint density at radius 3 is 2.50 bits per heavy atom. The highest BCUT2D eigenvalue weighted by Crippen LogP contribution is 2.54. The maximum absolute atomic E-state index is 8.95. The minimum absolute atomic E-state index is 0.185. The van der Waals surface area contributed by atoms with Gasteiger partial charge in [-0.05, 0) is 49.4 Å². The minimum Gasteiger partial charge on any atom is -0.392 e. The van der Waals surface area contributed by atoms with Gasteiger partial charge in [0.25, 0.3) is 0 Å². The van der Waals surface area contributed by atoms with Crippen molar-refractivity contribution < 1.29 is 5.11 Å². The quantitative estimate of drug-likeness (QED) is 0.687. The lowest BCUT2D eigenvalue weighted by atomic mass is 9.54. The Bertz CT molecular complexity index is 290. The van der Waals surface area contributed by atoms with Gasteiger partial charge >= 0.3 is 0 Å². The van der Waals surface area contributed by atoms with Gasteiger partial charge in [0.05, 0.1) is 6.61 Å². The molecule has 0 amide bonds. The number of hydrogen-bond donors (Lipinski definition) is 1. The van der Waals surface area contributed by atoms with E-state index in [0.717, 1.165) is 12.3 Å². The van der Waals surface area contributed by atoms with Crippen molar-refractivity contribution >= 4 is 0 Å². The lowest BCUT2D eigenvalue weighted by molar-refractivity contribution is -0.00690. The van der Waals surface area contributed by atoms with Crippen LogP contribution in [-0.4, -0.2) is 11.7 Å². The molecule has 0 aliphatic heterocycles. The molecule has 0 radical (unpaired) electrons. The summed E-state index contributed by atoms with van der Waals surface area (Å²) < 4.78 is 0. The Labute approximate surface area is 114 Å². The summed E-state index contributed by atoms with van der Waals surface area (Å²) in [6.45, 7) is 12.1. The van der Waals surface area contributed by atoms with E-state index in [2.05, 4.69) is 34.6 Å². The summed E-state index contributed by atoms with van der Waals surface area (Å²) >= 11 is 0. The molecule has 1 saturated carbocycles. The predicted octanol–water partition coefficient (Wildman–Crippen LogP) is 4.95. The van der Waals surface area contributed by atoms with Crippen LogP contribution < -0.4 is 0 Å². The molecule has 1 rings (SSSR count). The summed E-state index contributed by atoms with van der Waals surface area (Å²) in [7, 11) is 0. The van der Waals surface area contributed by atoms with Crippen LogP contribution in [0.5, 0.6) is 0 Å². The Balaban J connectivity index is 2.75. The van der Waals surface area contributed by atoms with E-state index in [1.807, 2.05) is 6.08 Å². The van der Waals surface area contributed by atoms with E-state index < -0.39 is 0 Å². The largest absolute Gasteiger partial charge is 0.392 e. The molecule has 106 valence electrons. The molecule has 1 aliphatic carbocycles. The van der Waals surface area contributed by atoms with E-state index in [4.69, 9.17) is 5.11 Å². The first-order chi connectivity index (χ1) is 8.35. The molecule has 1 heteroatoms. The zero-order valence-electron chi connectivity index (χ0n) is 13.1. The Morgan fingerprint density at radius 1 is 1.28 bits per heavy atom. The monoisotopic (exact) mass is 252 g/mol. The van der Waals surface area contributed by atoms with E-state index in [9.17, 15) is 0 Å². The van der Waals surface area contributed by atoms with Crippen molar-refractivity contribution in [2.45, 2.75) is 73.1 Å². The third-order valence-corrected chi connectivity index (χ3v) is 5.43. The molecule has 1 nitrogen and oxygen atoms in total. The maximum Gasteiger partial charge on any atom is 0.0614 e. The molecule has 1 fully saturated rings. The topological polar surface area (TPSA) is 20.2 Å². The molecule has 1 unspecified atom stereocenters. The SMILES string of the molecule is CC[C@]1(C)CCCC(C)(C)C1CC/C(C)=C/CO. The first-order valence-corrected chi connectivity index (χ1v) is 7.62. The minimum atomic E-state index is 0.185. The molecule has 0 saturated heterocycles. The average Bonchev–Trinajstić information content (AvgIpc) is 2.28. The van der Waals surface area contributed by atoms with Crippen LogP contribution in [-0.2, 0) is 0 Å². The van der Waals surface area contributed by atoms with Crippen molar-refractivity contribution in [1.29, 1.82) is 0 Å². The van der Waals surface area contributed by atoms with Crippen LogP contribution in [0, 0.1) is 16.7 Å². The van der Waals surface area contributed by atoms with Gasteiger partial charge in [-0.1, -0.05) is 52.2 Å². The van der Waals surface area contributed by atoms with E-state index in [0.29, 0.717) is 10.8 Å². The molecule has 0 aromatic heterocycles. The highest BCUT2D eigenvalue weighted by Gasteiger charge is 2.44. The first-order valence-electron chi connectivity index (χ1n) is 7.62. The number of rotatable bonds is 5.